The molecule has 2 aromatic carbocycles. The predicted molar refractivity (Wildman–Crippen MR) is 95.8 cm³/mol. The standard InChI is InChI=1S/C18H19BrN2O2/c1-18(2,3)21-16(22)12-7-6-8-13(11-12)20-17(23)14-9-4-5-10-15(14)19/h4-11H,1-3H3,(H,20,23)(H,21,22). The van der Waals surface area contributed by atoms with Crippen LogP contribution in [0.2, 0.25) is 0 Å². The molecule has 23 heavy (non-hydrogen) atoms. The topological polar surface area (TPSA) is 58.2 Å². The lowest BCUT2D eigenvalue weighted by Gasteiger charge is -2.20. The van der Waals surface area contributed by atoms with Crippen molar-refractivity contribution in [3.8, 4) is 0 Å². The van der Waals surface area contributed by atoms with Gasteiger partial charge in [0, 0.05) is 21.3 Å². The molecule has 0 fully saturated rings. The van der Waals surface area contributed by atoms with Crippen molar-refractivity contribution >= 4 is 33.4 Å². The summed E-state index contributed by atoms with van der Waals surface area (Å²) in [6.07, 6.45) is 0. The van der Waals surface area contributed by atoms with Gasteiger partial charge in [-0.1, -0.05) is 18.2 Å². The van der Waals surface area contributed by atoms with E-state index in [1.807, 2.05) is 32.9 Å². The second-order valence-electron chi connectivity index (χ2n) is 6.22. The summed E-state index contributed by atoms with van der Waals surface area (Å²) < 4.78 is 0.721. The summed E-state index contributed by atoms with van der Waals surface area (Å²) >= 11 is 3.36. The molecule has 0 aromatic heterocycles. The van der Waals surface area contributed by atoms with Crippen LogP contribution in [0.1, 0.15) is 41.5 Å². The molecule has 4 nitrogen and oxygen atoms in total. The number of carbonyl (C=O) groups excluding carboxylic acids is 2. The number of amides is 2. The molecule has 0 aliphatic rings. The first-order valence-corrected chi connectivity index (χ1v) is 8.04. The maximum atomic E-state index is 12.3. The molecule has 120 valence electrons. The number of rotatable bonds is 3. The zero-order valence-corrected chi connectivity index (χ0v) is 14.9. The third-order valence-electron chi connectivity index (χ3n) is 2.99. The summed E-state index contributed by atoms with van der Waals surface area (Å²) in [6, 6.07) is 14.1. The third kappa shape index (κ3) is 4.93. The van der Waals surface area contributed by atoms with Gasteiger partial charge in [-0.05, 0) is 67.0 Å². The van der Waals surface area contributed by atoms with Crippen LogP contribution in [-0.2, 0) is 0 Å². The number of carbonyl (C=O) groups is 2. The predicted octanol–water partition coefficient (Wildman–Crippen LogP) is 4.23. The monoisotopic (exact) mass is 374 g/mol. The molecule has 2 rings (SSSR count). The van der Waals surface area contributed by atoms with Gasteiger partial charge < -0.3 is 10.6 Å². The van der Waals surface area contributed by atoms with E-state index in [1.165, 1.54) is 0 Å². The van der Waals surface area contributed by atoms with Gasteiger partial charge >= 0.3 is 0 Å². The fraction of sp³-hybridized carbons (Fsp3) is 0.222. The van der Waals surface area contributed by atoms with Crippen LogP contribution in [0.4, 0.5) is 5.69 Å². The molecule has 2 aromatic rings. The van der Waals surface area contributed by atoms with Crippen LogP contribution in [0.25, 0.3) is 0 Å². The van der Waals surface area contributed by atoms with E-state index in [0.29, 0.717) is 16.8 Å². The van der Waals surface area contributed by atoms with Gasteiger partial charge in [0.05, 0.1) is 5.56 Å². The number of halogens is 1. The lowest BCUT2D eigenvalue weighted by molar-refractivity contribution is 0.0918. The highest BCUT2D eigenvalue weighted by atomic mass is 79.9. The number of nitrogens with one attached hydrogen (secondary N) is 2. The lowest BCUT2D eigenvalue weighted by Crippen LogP contribution is -2.40. The van der Waals surface area contributed by atoms with Gasteiger partial charge in [-0.3, -0.25) is 9.59 Å². The van der Waals surface area contributed by atoms with Crippen molar-refractivity contribution < 1.29 is 9.59 Å². The normalized spacial score (nSPS) is 11.0. The molecule has 0 heterocycles. The van der Waals surface area contributed by atoms with Crippen LogP contribution < -0.4 is 10.6 Å². The highest BCUT2D eigenvalue weighted by molar-refractivity contribution is 9.10. The molecule has 0 saturated carbocycles. The lowest BCUT2D eigenvalue weighted by atomic mass is 10.1. The molecule has 0 atom stereocenters. The maximum Gasteiger partial charge on any atom is 0.256 e. The van der Waals surface area contributed by atoms with Gasteiger partial charge in [0.1, 0.15) is 0 Å². The van der Waals surface area contributed by atoms with Crippen molar-refractivity contribution in [2.75, 3.05) is 5.32 Å². The van der Waals surface area contributed by atoms with Crippen molar-refractivity contribution in [2.24, 2.45) is 0 Å². The fourth-order valence-electron chi connectivity index (χ4n) is 1.99. The van der Waals surface area contributed by atoms with E-state index in [9.17, 15) is 9.59 Å². The van der Waals surface area contributed by atoms with Crippen molar-refractivity contribution in [3.05, 3.63) is 64.1 Å². The minimum Gasteiger partial charge on any atom is -0.347 e. The molecule has 0 aliphatic heterocycles. The van der Waals surface area contributed by atoms with Crippen molar-refractivity contribution in [1.29, 1.82) is 0 Å². The molecule has 2 N–H and O–H groups in total. The number of anilines is 1. The molecule has 0 spiro atoms. The first-order valence-electron chi connectivity index (χ1n) is 7.25. The fourth-order valence-corrected chi connectivity index (χ4v) is 2.46. The zero-order valence-electron chi connectivity index (χ0n) is 13.3. The van der Waals surface area contributed by atoms with E-state index in [1.54, 1.807) is 36.4 Å². The van der Waals surface area contributed by atoms with Crippen molar-refractivity contribution in [2.45, 2.75) is 26.3 Å². The average Bonchev–Trinajstić information content (AvgIpc) is 2.46. The molecule has 2 amide bonds. The molecular formula is C18H19BrN2O2. The first kappa shape index (κ1) is 17.2. The van der Waals surface area contributed by atoms with Gasteiger partial charge in [-0.15, -0.1) is 0 Å². The summed E-state index contributed by atoms with van der Waals surface area (Å²) in [7, 11) is 0. The Balaban J connectivity index is 2.16. The SMILES string of the molecule is CC(C)(C)NC(=O)c1cccc(NC(=O)c2ccccc2Br)c1. The Bertz CT molecular complexity index is 736. The third-order valence-corrected chi connectivity index (χ3v) is 3.68. The van der Waals surface area contributed by atoms with Crippen molar-refractivity contribution in [1.82, 2.24) is 5.32 Å². The van der Waals surface area contributed by atoms with E-state index in [4.69, 9.17) is 0 Å². The number of hydrogen-bond acceptors (Lipinski definition) is 2. The molecule has 0 saturated heterocycles. The quantitative estimate of drug-likeness (QED) is 0.844. The largest absolute Gasteiger partial charge is 0.347 e. The second-order valence-corrected chi connectivity index (χ2v) is 7.07. The van der Waals surface area contributed by atoms with E-state index < -0.39 is 0 Å². The molecule has 0 unspecified atom stereocenters. The second kappa shape index (κ2) is 6.96. The van der Waals surface area contributed by atoms with E-state index >= 15 is 0 Å². The molecule has 0 aliphatic carbocycles. The van der Waals surface area contributed by atoms with Crippen LogP contribution >= 0.6 is 15.9 Å². The molecule has 0 radical (unpaired) electrons. The van der Waals surface area contributed by atoms with Gasteiger partial charge in [0.15, 0.2) is 0 Å². The van der Waals surface area contributed by atoms with Crippen LogP contribution in [0, 0.1) is 0 Å². The Kier molecular flexibility index (Phi) is 5.21. The summed E-state index contributed by atoms with van der Waals surface area (Å²) in [6.45, 7) is 5.76. The van der Waals surface area contributed by atoms with E-state index in [2.05, 4.69) is 26.6 Å². The highest BCUT2D eigenvalue weighted by Crippen LogP contribution is 2.18. The van der Waals surface area contributed by atoms with Crippen molar-refractivity contribution in [3.63, 3.8) is 0 Å². The Hall–Kier alpha value is -2.14. The Morgan fingerprint density at radius 2 is 1.65 bits per heavy atom. The van der Waals surface area contributed by atoms with E-state index in [-0.39, 0.29) is 17.4 Å². The Labute approximate surface area is 144 Å². The molecule has 0 bridgehead atoms. The number of benzene rings is 2. The summed E-state index contributed by atoms with van der Waals surface area (Å²) in [4.78, 5) is 24.5. The van der Waals surface area contributed by atoms with Crippen LogP contribution in [0.15, 0.2) is 53.0 Å². The van der Waals surface area contributed by atoms with Gasteiger partial charge in [0.25, 0.3) is 11.8 Å². The van der Waals surface area contributed by atoms with Gasteiger partial charge in [-0.25, -0.2) is 0 Å². The van der Waals surface area contributed by atoms with Crippen LogP contribution in [0.5, 0.6) is 0 Å². The summed E-state index contributed by atoms with van der Waals surface area (Å²) in [5.41, 5.74) is 1.31. The minimum absolute atomic E-state index is 0.172. The summed E-state index contributed by atoms with van der Waals surface area (Å²) in [5.74, 6) is -0.402. The first-order chi connectivity index (χ1) is 10.8. The van der Waals surface area contributed by atoms with Crippen LogP contribution in [-0.4, -0.2) is 17.4 Å². The molecule has 5 heteroatoms. The van der Waals surface area contributed by atoms with Gasteiger partial charge in [-0.2, -0.15) is 0 Å². The van der Waals surface area contributed by atoms with Gasteiger partial charge in [0.2, 0.25) is 0 Å². The Morgan fingerprint density at radius 1 is 0.957 bits per heavy atom. The number of hydrogen-bond donors (Lipinski definition) is 2. The van der Waals surface area contributed by atoms with E-state index in [0.717, 1.165) is 4.47 Å². The Morgan fingerprint density at radius 3 is 2.30 bits per heavy atom. The summed E-state index contributed by atoms with van der Waals surface area (Å²) in [5, 5.41) is 5.71. The maximum absolute atomic E-state index is 12.3. The smallest absolute Gasteiger partial charge is 0.256 e. The zero-order chi connectivity index (χ0) is 17.0. The molecular weight excluding hydrogens is 356 g/mol. The average molecular weight is 375 g/mol. The minimum atomic E-state index is -0.314. The highest BCUT2D eigenvalue weighted by Gasteiger charge is 2.16. The van der Waals surface area contributed by atoms with Crippen LogP contribution in [0.3, 0.4) is 0 Å².